The average Bonchev–Trinajstić information content (AvgIpc) is 2.37. The summed E-state index contributed by atoms with van der Waals surface area (Å²) in [7, 11) is 2.14. The lowest BCUT2D eigenvalue weighted by Crippen LogP contribution is -2.58. The molecule has 3 atom stereocenters. The van der Waals surface area contributed by atoms with Crippen LogP contribution in [0.1, 0.15) is 26.7 Å². The number of likely N-dealkylation sites (N-methyl/N-ethyl adjacent to an activating group) is 1. The first-order valence-corrected chi connectivity index (χ1v) is 7.20. The molecule has 0 aromatic rings. The van der Waals surface area contributed by atoms with Gasteiger partial charge in [-0.1, -0.05) is 0 Å². The van der Waals surface area contributed by atoms with Crippen LogP contribution in [0, 0.1) is 5.41 Å². The summed E-state index contributed by atoms with van der Waals surface area (Å²) in [6.07, 6.45) is 1.59. The SMILES string of the molecule is CC1CN(CC2(C(=O)O)CCCOC2)CC(C)N1C. The number of nitrogens with zero attached hydrogens (tertiary/aromatic N) is 2. The minimum atomic E-state index is -0.702. The maximum Gasteiger partial charge on any atom is 0.313 e. The van der Waals surface area contributed by atoms with E-state index in [9.17, 15) is 9.90 Å². The van der Waals surface area contributed by atoms with Crippen LogP contribution >= 0.6 is 0 Å². The lowest BCUT2D eigenvalue weighted by Gasteiger charge is -2.45. The summed E-state index contributed by atoms with van der Waals surface area (Å²) in [4.78, 5) is 16.3. The highest BCUT2D eigenvalue weighted by Gasteiger charge is 2.43. The number of ether oxygens (including phenoxy) is 1. The van der Waals surface area contributed by atoms with Gasteiger partial charge in [0.05, 0.1) is 6.61 Å². The minimum Gasteiger partial charge on any atom is -0.481 e. The monoisotopic (exact) mass is 270 g/mol. The smallest absolute Gasteiger partial charge is 0.313 e. The van der Waals surface area contributed by atoms with Crippen molar-refractivity contribution in [2.75, 3.05) is 39.9 Å². The molecule has 0 amide bonds. The fourth-order valence-corrected chi connectivity index (χ4v) is 3.28. The Kier molecular flexibility index (Phi) is 4.48. The molecule has 0 aromatic carbocycles. The van der Waals surface area contributed by atoms with Crippen molar-refractivity contribution in [2.24, 2.45) is 5.41 Å². The molecule has 2 aliphatic rings. The highest BCUT2D eigenvalue weighted by Crippen LogP contribution is 2.31. The van der Waals surface area contributed by atoms with Crippen molar-refractivity contribution in [1.29, 1.82) is 0 Å². The predicted octanol–water partition coefficient (Wildman–Crippen LogP) is 0.892. The molecule has 110 valence electrons. The number of carbonyl (C=O) groups is 1. The summed E-state index contributed by atoms with van der Waals surface area (Å²) in [5.41, 5.74) is -0.701. The molecule has 2 saturated heterocycles. The second kappa shape index (κ2) is 5.77. The van der Waals surface area contributed by atoms with Crippen LogP contribution < -0.4 is 0 Å². The highest BCUT2D eigenvalue weighted by molar-refractivity contribution is 5.75. The van der Waals surface area contributed by atoms with Gasteiger partial charge in [-0.05, 0) is 33.7 Å². The highest BCUT2D eigenvalue weighted by atomic mass is 16.5. The van der Waals surface area contributed by atoms with Gasteiger partial charge in [-0.3, -0.25) is 14.6 Å². The van der Waals surface area contributed by atoms with Crippen LogP contribution in [0.15, 0.2) is 0 Å². The van der Waals surface area contributed by atoms with Crippen LogP contribution in [-0.2, 0) is 9.53 Å². The van der Waals surface area contributed by atoms with Gasteiger partial charge in [-0.25, -0.2) is 0 Å². The number of carboxylic acids is 1. The third kappa shape index (κ3) is 3.09. The number of carboxylic acid groups (broad SMARTS) is 1. The first-order chi connectivity index (χ1) is 8.94. The summed E-state index contributed by atoms with van der Waals surface area (Å²) in [5.74, 6) is -0.702. The Labute approximate surface area is 115 Å². The molecule has 5 heteroatoms. The van der Waals surface area contributed by atoms with Crippen molar-refractivity contribution in [2.45, 2.75) is 38.8 Å². The molecule has 19 heavy (non-hydrogen) atoms. The van der Waals surface area contributed by atoms with E-state index in [2.05, 4.69) is 30.7 Å². The molecular formula is C14H26N2O3. The van der Waals surface area contributed by atoms with Crippen LogP contribution in [0.4, 0.5) is 0 Å². The Morgan fingerprint density at radius 2 is 2.00 bits per heavy atom. The standard InChI is InChI=1S/C14H26N2O3/c1-11-7-16(8-12(2)15(11)3)9-14(13(17)18)5-4-6-19-10-14/h11-12H,4-10H2,1-3H3,(H,17,18). The van der Waals surface area contributed by atoms with Gasteiger partial charge in [0.2, 0.25) is 0 Å². The van der Waals surface area contributed by atoms with E-state index in [1.54, 1.807) is 0 Å². The maximum atomic E-state index is 11.7. The number of piperazine rings is 1. The van der Waals surface area contributed by atoms with E-state index in [0.717, 1.165) is 25.9 Å². The molecular weight excluding hydrogens is 244 g/mol. The van der Waals surface area contributed by atoms with Crippen LogP contribution in [-0.4, -0.2) is 72.9 Å². The number of hydrogen-bond acceptors (Lipinski definition) is 4. The van der Waals surface area contributed by atoms with Crippen molar-refractivity contribution in [3.63, 3.8) is 0 Å². The lowest BCUT2D eigenvalue weighted by molar-refractivity contribution is -0.160. The van der Waals surface area contributed by atoms with Gasteiger partial charge in [-0.15, -0.1) is 0 Å². The van der Waals surface area contributed by atoms with Crippen LogP contribution in [0.3, 0.4) is 0 Å². The van der Waals surface area contributed by atoms with Crippen LogP contribution in [0.2, 0.25) is 0 Å². The van der Waals surface area contributed by atoms with E-state index < -0.39 is 11.4 Å². The zero-order valence-electron chi connectivity index (χ0n) is 12.3. The first kappa shape index (κ1) is 14.8. The van der Waals surface area contributed by atoms with Gasteiger partial charge in [0.1, 0.15) is 5.41 Å². The summed E-state index contributed by atoms with van der Waals surface area (Å²) < 4.78 is 5.45. The van der Waals surface area contributed by atoms with Crippen molar-refractivity contribution >= 4 is 5.97 Å². The molecule has 2 heterocycles. The second-order valence-electron chi connectivity index (χ2n) is 6.30. The molecule has 0 radical (unpaired) electrons. The molecule has 2 aliphatic heterocycles. The Hall–Kier alpha value is -0.650. The molecule has 1 N–H and O–H groups in total. The molecule has 2 fully saturated rings. The quantitative estimate of drug-likeness (QED) is 0.825. The first-order valence-electron chi connectivity index (χ1n) is 7.20. The topological polar surface area (TPSA) is 53.0 Å². The number of hydrogen-bond donors (Lipinski definition) is 1. The Morgan fingerprint density at radius 3 is 2.47 bits per heavy atom. The van der Waals surface area contributed by atoms with E-state index in [1.807, 2.05) is 0 Å². The van der Waals surface area contributed by atoms with Crippen molar-refractivity contribution < 1.29 is 14.6 Å². The summed E-state index contributed by atoms with van der Waals surface area (Å²) in [6.45, 7) is 7.96. The average molecular weight is 270 g/mol. The van der Waals surface area contributed by atoms with E-state index >= 15 is 0 Å². The third-order valence-electron chi connectivity index (χ3n) is 4.74. The second-order valence-corrected chi connectivity index (χ2v) is 6.30. The summed E-state index contributed by atoms with van der Waals surface area (Å²) in [5, 5.41) is 9.59. The zero-order chi connectivity index (χ0) is 14.0. The van der Waals surface area contributed by atoms with Crippen molar-refractivity contribution in [3.05, 3.63) is 0 Å². The Balaban J connectivity index is 2.03. The molecule has 2 rings (SSSR count). The van der Waals surface area contributed by atoms with Crippen molar-refractivity contribution in [3.8, 4) is 0 Å². The van der Waals surface area contributed by atoms with E-state index in [4.69, 9.17) is 4.74 Å². The number of rotatable bonds is 3. The molecule has 0 aliphatic carbocycles. The Bertz CT molecular complexity index is 317. The van der Waals surface area contributed by atoms with E-state index in [1.165, 1.54) is 0 Å². The third-order valence-corrected chi connectivity index (χ3v) is 4.74. The molecule has 0 spiro atoms. The largest absolute Gasteiger partial charge is 0.481 e. The van der Waals surface area contributed by atoms with Gasteiger partial charge in [0.25, 0.3) is 0 Å². The fourth-order valence-electron chi connectivity index (χ4n) is 3.28. The normalized spacial score (nSPS) is 38.3. The minimum absolute atomic E-state index is 0.359. The van der Waals surface area contributed by atoms with E-state index in [-0.39, 0.29) is 0 Å². The van der Waals surface area contributed by atoms with Gasteiger partial charge < -0.3 is 9.84 Å². The number of aliphatic carboxylic acids is 1. The molecule has 0 bridgehead atoms. The van der Waals surface area contributed by atoms with Gasteiger partial charge >= 0.3 is 5.97 Å². The van der Waals surface area contributed by atoms with Crippen LogP contribution in [0.5, 0.6) is 0 Å². The fraction of sp³-hybridized carbons (Fsp3) is 0.929. The summed E-state index contributed by atoms with van der Waals surface area (Å²) in [6, 6.07) is 0.943. The maximum absolute atomic E-state index is 11.7. The van der Waals surface area contributed by atoms with Gasteiger partial charge in [0, 0.05) is 38.3 Å². The molecule has 0 aromatic heterocycles. The van der Waals surface area contributed by atoms with E-state index in [0.29, 0.717) is 31.8 Å². The predicted molar refractivity (Wildman–Crippen MR) is 73.2 cm³/mol. The molecule has 3 unspecified atom stereocenters. The van der Waals surface area contributed by atoms with Crippen LogP contribution in [0.25, 0.3) is 0 Å². The van der Waals surface area contributed by atoms with Gasteiger partial charge in [0.15, 0.2) is 0 Å². The zero-order valence-corrected chi connectivity index (χ0v) is 12.3. The lowest BCUT2D eigenvalue weighted by atomic mass is 9.81. The van der Waals surface area contributed by atoms with Crippen molar-refractivity contribution in [1.82, 2.24) is 9.80 Å². The summed E-state index contributed by atoms with van der Waals surface area (Å²) >= 11 is 0. The molecule has 0 saturated carbocycles. The Morgan fingerprint density at radius 1 is 1.37 bits per heavy atom. The molecule has 5 nitrogen and oxygen atoms in total. The van der Waals surface area contributed by atoms with Gasteiger partial charge in [-0.2, -0.15) is 0 Å².